The number of hydrogen-bond donors (Lipinski definition) is 1. The number of nitrogen functional groups attached to an aromatic ring is 1. The molecule has 0 aromatic heterocycles. The zero-order chi connectivity index (χ0) is 14.7. The number of benzene rings is 2. The number of rotatable bonds is 4. The zero-order valence-electron chi connectivity index (χ0n) is 11.9. The summed E-state index contributed by atoms with van der Waals surface area (Å²) in [5, 5.41) is 11.2. The third-order valence-electron chi connectivity index (χ3n) is 2.88. The SMILES string of the molecule is Nc1c(CC(=O)[O-])cccc1C(=O)c1ccc(Cl)cc1.O.[Na+]. The second-order valence-electron chi connectivity index (χ2n) is 4.26. The maximum atomic E-state index is 12.3. The average Bonchev–Trinajstić information content (AvgIpc) is 2.41. The fourth-order valence-corrected chi connectivity index (χ4v) is 2.00. The van der Waals surface area contributed by atoms with Crippen LogP contribution in [0, 0.1) is 0 Å². The predicted octanol–water partition coefficient (Wildman–Crippen LogP) is -2.38. The van der Waals surface area contributed by atoms with Gasteiger partial charge in [0.15, 0.2) is 5.78 Å². The molecule has 2 rings (SSSR count). The summed E-state index contributed by atoms with van der Waals surface area (Å²) in [6, 6.07) is 11.1. The van der Waals surface area contributed by atoms with Crippen LogP contribution < -0.4 is 40.4 Å². The minimum atomic E-state index is -1.24. The quantitative estimate of drug-likeness (QED) is 0.383. The van der Waals surface area contributed by atoms with Crippen LogP contribution in [0.2, 0.25) is 5.02 Å². The zero-order valence-corrected chi connectivity index (χ0v) is 14.7. The Labute approximate surface area is 154 Å². The van der Waals surface area contributed by atoms with Gasteiger partial charge in [0.05, 0.1) is 0 Å². The number of hydrogen-bond acceptors (Lipinski definition) is 4. The molecule has 2 aromatic rings. The number of carboxylic acids is 1. The van der Waals surface area contributed by atoms with Crippen molar-refractivity contribution in [2.75, 3.05) is 5.73 Å². The van der Waals surface area contributed by atoms with E-state index in [2.05, 4.69) is 0 Å². The third-order valence-corrected chi connectivity index (χ3v) is 3.13. The Morgan fingerprint density at radius 2 is 1.68 bits per heavy atom. The van der Waals surface area contributed by atoms with Gasteiger partial charge in [-0.15, -0.1) is 0 Å². The van der Waals surface area contributed by atoms with Gasteiger partial charge in [-0.05, 0) is 35.9 Å². The Morgan fingerprint density at radius 1 is 1.09 bits per heavy atom. The van der Waals surface area contributed by atoms with Gasteiger partial charge in [0.1, 0.15) is 0 Å². The molecule has 110 valence electrons. The minimum absolute atomic E-state index is 0. The number of carboxylic acid groups (broad SMARTS) is 1. The maximum absolute atomic E-state index is 12.3. The Hall–Kier alpha value is -1.37. The maximum Gasteiger partial charge on any atom is 1.00 e. The molecular formula is C15H13ClNNaO4. The first-order chi connectivity index (χ1) is 9.49. The minimum Gasteiger partial charge on any atom is -0.550 e. The number of carbonyl (C=O) groups is 2. The van der Waals surface area contributed by atoms with Gasteiger partial charge in [-0.2, -0.15) is 0 Å². The van der Waals surface area contributed by atoms with Crippen molar-refractivity contribution in [1.82, 2.24) is 0 Å². The average molecular weight is 330 g/mol. The number of aliphatic carboxylic acids is 1. The van der Waals surface area contributed by atoms with Gasteiger partial charge in [-0.1, -0.05) is 23.7 Å². The van der Waals surface area contributed by atoms with Crippen LogP contribution >= 0.6 is 11.6 Å². The van der Waals surface area contributed by atoms with E-state index in [9.17, 15) is 14.7 Å². The van der Waals surface area contributed by atoms with Crippen LogP contribution in [0.4, 0.5) is 5.69 Å². The summed E-state index contributed by atoms with van der Waals surface area (Å²) >= 11 is 5.77. The normalized spacial score (nSPS) is 9.32. The van der Waals surface area contributed by atoms with E-state index >= 15 is 0 Å². The molecule has 0 saturated heterocycles. The van der Waals surface area contributed by atoms with Gasteiger partial charge in [0.25, 0.3) is 0 Å². The third kappa shape index (κ3) is 4.83. The van der Waals surface area contributed by atoms with Gasteiger partial charge in [0, 0.05) is 34.2 Å². The van der Waals surface area contributed by atoms with E-state index in [1.54, 1.807) is 42.5 Å². The molecule has 0 radical (unpaired) electrons. The Kier molecular flexibility index (Phi) is 8.37. The first-order valence-corrected chi connectivity index (χ1v) is 6.24. The van der Waals surface area contributed by atoms with Gasteiger partial charge in [-0.25, -0.2) is 0 Å². The molecule has 5 nitrogen and oxygen atoms in total. The number of carbonyl (C=O) groups excluding carboxylic acids is 2. The van der Waals surface area contributed by atoms with E-state index in [4.69, 9.17) is 17.3 Å². The van der Waals surface area contributed by atoms with E-state index in [0.29, 0.717) is 16.1 Å². The van der Waals surface area contributed by atoms with E-state index in [0.717, 1.165) is 0 Å². The Balaban J connectivity index is 0.00000220. The molecule has 0 fully saturated rings. The smallest absolute Gasteiger partial charge is 0.550 e. The predicted molar refractivity (Wildman–Crippen MR) is 78.1 cm³/mol. The summed E-state index contributed by atoms with van der Waals surface area (Å²) in [7, 11) is 0. The molecule has 22 heavy (non-hydrogen) atoms. The molecule has 0 heterocycles. The van der Waals surface area contributed by atoms with Crippen molar-refractivity contribution in [1.29, 1.82) is 0 Å². The molecule has 2 aromatic carbocycles. The molecule has 0 aliphatic heterocycles. The summed E-state index contributed by atoms with van der Waals surface area (Å²) in [5.74, 6) is -1.52. The molecule has 0 aliphatic rings. The first kappa shape index (κ1) is 20.6. The Bertz CT molecular complexity index is 674. The van der Waals surface area contributed by atoms with Crippen molar-refractivity contribution in [2.24, 2.45) is 0 Å². The van der Waals surface area contributed by atoms with Crippen molar-refractivity contribution in [3.8, 4) is 0 Å². The number of halogens is 1. The largest absolute Gasteiger partial charge is 1.00 e. The van der Waals surface area contributed by atoms with E-state index in [1.165, 1.54) is 0 Å². The van der Waals surface area contributed by atoms with Crippen molar-refractivity contribution in [3.63, 3.8) is 0 Å². The van der Waals surface area contributed by atoms with E-state index < -0.39 is 5.97 Å². The second kappa shape index (κ2) is 8.92. The van der Waals surface area contributed by atoms with Crippen molar-refractivity contribution < 1.29 is 49.7 Å². The number of nitrogens with two attached hydrogens (primary N) is 1. The fraction of sp³-hybridized carbons (Fsp3) is 0.0667. The second-order valence-corrected chi connectivity index (χ2v) is 4.70. The molecule has 0 unspecified atom stereocenters. The molecule has 4 N–H and O–H groups in total. The summed E-state index contributed by atoms with van der Waals surface area (Å²) in [6.07, 6.45) is -0.326. The molecular weight excluding hydrogens is 317 g/mol. The van der Waals surface area contributed by atoms with Gasteiger partial charge >= 0.3 is 29.6 Å². The molecule has 7 heteroatoms. The summed E-state index contributed by atoms with van der Waals surface area (Å²) in [6.45, 7) is 0. The van der Waals surface area contributed by atoms with E-state index in [1.807, 2.05) is 0 Å². The van der Waals surface area contributed by atoms with Crippen molar-refractivity contribution >= 4 is 29.0 Å². The van der Waals surface area contributed by atoms with Gasteiger partial charge in [-0.3, -0.25) is 4.79 Å². The fourth-order valence-electron chi connectivity index (χ4n) is 1.88. The first-order valence-electron chi connectivity index (χ1n) is 5.86. The molecule has 0 saturated carbocycles. The van der Waals surface area contributed by atoms with Crippen LogP contribution in [0.15, 0.2) is 42.5 Å². The van der Waals surface area contributed by atoms with Crippen LogP contribution in [0.1, 0.15) is 21.5 Å². The molecule has 0 atom stereocenters. The standard InChI is InChI=1S/C15H12ClNO3.Na.H2O/c16-11-6-4-9(5-7-11)15(20)12-3-1-2-10(14(12)17)8-13(18)19;;/h1-7H,8,17H2,(H,18,19);;1H2/q;+1;/p-1. The number of anilines is 1. The summed E-state index contributed by atoms with van der Waals surface area (Å²) in [5.41, 5.74) is 7.10. The molecule has 0 aliphatic carbocycles. The van der Waals surface area contributed by atoms with Crippen molar-refractivity contribution in [2.45, 2.75) is 6.42 Å². The van der Waals surface area contributed by atoms with Crippen molar-refractivity contribution in [3.05, 3.63) is 64.2 Å². The summed E-state index contributed by atoms with van der Waals surface area (Å²) < 4.78 is 0. The Morgan fingerprint density at radius 3 is 2.23 bits per heavy atom. The van der Waals surface area contributed by atoms with Crippen LogP contribution in [-0.2, 0) is 11.2 Å². The number of para-hydroxylation sites is 1. The number of ketones is 1. The van der Waals surface area contributed by atoms with Gasteiger partial charge in [0.2, 0.25) is 0 Å². The molecule has 0 amide bonds. The van der Waals surface area contributed by atoms with Crippen LogP contribution in [0.25, 0.3) is 0 Å². The van der Waals surface area contributed by atoms with Crippen LogP contribution in [0.3, 0.4) is 0 Å². The topological polar surface area (TPSA) is 115 Å². The van der Waals surface area contributed by atoms with Gasteiger partial charge < -0.3 is 21.1 Å². The van der Waals surface area contributed by atoms with E-state index in [-0.39, 0.29) is 58.5 Å². The molecule has 0 bridgehead atoms. The summed E-state index contributed by atoms with van der Waals surface area (Å²) in [4.78, 5) is 23.0. The monoisotopic (exact) mass is 329 g/mol. The van der Waals surface area contributed by atoms with Crippen LogP contribution in [-0.4, -0.2) is 17.2 Å². The molecule has 0 spiro atoms. The van der Waals surface area contributed by atoms with Crippen LogP contribution in [0.5, 0.6) is 0 Å².